The first-order chi connectivity index (χ1) is 8.14. The van der Waals surface area contributed by atoms with Gasteiger partial charge in [0.2, 0.25) is 5.91 Å². The number of amides is 1. The number of nitrogens with one attached hydrogen (secondary N) is 1. The van der Waals surface area contributed by atoms with Crippen LogP contribution in [0.3, 0.4) is 0 Å². The Labute approximate surface area is 105 Å². The SMILES string of the molecule is CCCOCCC(=O)NCC(CC)(CC)CO. The number of ether oxygens (including phenoxy) is 1. The van der Waals surface area contributed by atoms with E-state index < -0.39 is 0 Å². The Morgan fingerprint density at radius 1 is 1.24 bits per heavy atom. The Bertz CT molecular complexity index is 195. The number of aliphatic hydroxyl groups is 1. The normalized spacial score (nSPS) is 11.5. The van der Waals surface area contributed by atoms with E-state index in [4.69, 9.17) is 4.74 Å². The summed E-state index contributed by atoms with van der Waals surface area (Å²) in [6, 6.07) is 0. The molecule has 1 amide bonds. The molecular weight excluding hydrogens is 218 g/mol. The van der Waals surface area contributed by atoms with Crippen LogP contribution in [0.4, 0.5) is 0 Å². The van der Waals surface area contributed by atoms with E-state index in [9.17, 15) is 9.90 Å². The molecule has 4 nitrogen and oxygen atoms in total. The van der Waals surface area contributed by atoms with Crippen LogP contribution in [0.5, 0.6) is 0 Å². The molecule has 0 aromatic carbocycles. The highest BCUT2D eigenvalue weighted by atomic mass is 16.5. The maximum absolute atomic E-state index is 11.5. The molecule has 2 N–H and O–H groups in total. The zero-order valence-electron chi connectivity index (χ0n) is 11.4. The second-order valence-electron chi connectivity index (χ2n) is 4.50. The van der Waals surface area contributed by atoms with Gasteiger partial charge in [-0.05, 0) is 19.3 Å². The molecule has 0 unspecified atom stereocenters. The van der Waals surface area contributed by atoms with Crippen LogP contribution in [0.2, 0.25) is 0 Å². The summed E-state index contributed by atoms with van der Waals surface area (Å²) in [6.45, 7) is 7.96. The molecule has 0 spiro atoms. The highest BCUT2D eigenvalue weighted by Crippen LogP contribution is 2.24. The fourth-order valence-corrected chi connectivity index (χ4v) is 1.57. The fraction of sp³-hybridized carbons (Fsp3) is 0.923. The van der Waals surface area contributed by atoms with Crippen molar-refractivity contribution in [3.05, 3.63) is 0 Å². The van der Waals surface area contributed by atoms with Gasteiger partial charge in [0, 0.05) is 25.0 Å². The van der Waals surface area contributed by atoms with E-state index in [1.807, 2.05) is 20.8 Å². The molecule has 0 heterocycles. The van der Waals surface area contributed by atoms with Gasteiger partial charge >= 0.3 is 0 Å². The molecule has 0 saturated carbocycles. The third-order valence-electron chi connectivity index (χ3n) is 3.32. The average molecular weight is 245 g/mol. The van der Waals surface area contributed by atoms with Gasteiger partial charge in [0.25, 0.3) is 0 Å². The molecule has 0 aliphatic carbocycles. The zero-order valence-corrected chi connectivity index (χ0v) is 11.4. The van der Waals surface area contributed by atoms with Crippen LogP contribution in [0.25, 0.3) is 0 Å². The second-order valence-corrected chi connectivity index (χ2v) is 4.50. The summed E-state index contributed by atoms with van der Waals surface area (Å²) >= 11 is 0. The molecule has 102 valence electrons. The second kappa shape index (κ2) is 9.42. The number of aliphatic hydroxyl groups excluding tert-OH is 1. The number of carbonyl (C=O) groups excluding carboxylic acids is 1. The largest absolute Gasteiger partial charge is 0.396 e. The van der Waals surface area contributed by atoms with Crippen LogP contribution < -0.4 is 5.32 Å². The smallest absolute Gasteiger partial charge is 0.222 e. The Morgan fingerprint density at radius 3 is 2.35 bits per heavy atom. The summed E-state index contributed by atoms with van der Waals surface area (Å²) in [5.74, 6) is 0.000767. The van der Waals surface area contributed by atoms with Crippen LogP contribution in [0.15, 0.2) is 0 Å². The number of rotatable bonds is 10. The van der Waals surface area contributed by atoms with Crippen molar-refractivity contribution in [3.8, 4) is 0 Å². The molecule has 0 fully saturated rings. The van der Waals surface area contributed by atoms with E-state index in [-0.39, 0.29) is 17.9 Å². The van der Waals surface area contributed by atoms with Crippen LogP contribution >= 0.6 is 0 Å². The Morgan fingerprint density at radius 2 is 1.88 bits per heavy atom. The minimum absolute atomic E-state index is 0.000767. The Balaban J connectivity index is 3.81. The molecule has 0 bridgehead atoms. The van der Waals surface area contributed by atoms with Crippen LogP contribution in [-0.2, 0) is 9.53 Å². The molecular formula is C13H27NO3. The van der Waals surface area contributed by atoms with Crippen molar-refractivity contribution in [2.45, 2.75) is 46.5 Å². The van der Waals surface area contributed by atoms with Gasteiger partial charge in [-0.3, -0.25) is 4.79 Å². The molecule has 0 aliphatic heterocycles. The fourth-order valence-electron chi connectivity index (χ4n) is 1.57. The van der Waals surface area contributed by atoms with Gasteiger partial charge in [-0.25, -0.2) is 0 Å². The first-order valence-electron chi connectivity index (χ1n) is 6.59. The van der Waals surface area contributed by atoms with E-state index in [2.05, 4.69) is 5.32 Å². The van der Waals surface area contributed by atoms with E-state index in [1.54, 1.807) is 0 Å². The van der Waals surface area contributed by atoms with Crippen molar-refractivity contribution in [3.63, 3.8) is 0 Å². The summed E-state index contributed by atoms with van der Waals surface area (Å²) < 4.78 is 5.25. The number of hydrogen-bond acceptors (Lipinski definition) is 3. The highest BCUT2D eigenvalue weighted by Gasteiger charge is 2.25. The molecule has 0 rings (SSSR count). The predicted molar refractivity (Wildman–Crippen MR) is 68.8 cm³/mol. The molecule has 4 heteroatoms. The molecule has 0 atom stereocenters. The quantitative estimate of drug-likeness (QED) is 0.576. The predicted octanol–water partition coefficient (Wildman–Crippen LogP) is 1.72. The first kappa shape index (κ1) is 16.4. The molecule has 0 aromatic heterocycles. The molecule has 17 heavy (non-hydrogen) atoms. The molecule has 0 aromatic rings. The molecule has 0 radical (unpaired) electrons. The maximum Gasteiger partial charge on any atom is 0.222 e. The van der Waals surface area contributed by atoms with Crippen molar-refractivity contribution in [2.24, 2.45) is 5.41 Å². The summed E-state index contributed by atoms with van der Waals surface area (Å²) in [5, 5.41) is 12.2. The third-order valence-corrected chi connectivity index (χ3v) is 3.32. The van der Waals surface area contributed by atoms with Gasteiger partial charge in [-0.1, -0.05) is 20.8 Å². The van der Waals surface area contributed by atoms with Gasteiger partial charge < -0.3 is 15.2 Å². The van der Waals surface area contributed by atoms with E-state index in [0.29, 0.717) is 26.2 Å². The van der Waals surface area contributed by atoms with Gasteiger partial charge in [-0.2, -0.15) is 0 Å². The van der Waals surface area contributed by atoms with Crippen LogP contribution in [0.1, 0.15) is 46.5 Å². The zero-order chi connectivity index (χ0) is 13.1. The average Bonchev–Trinajstić information content (AvgIpc) is 2.37. The maximum atomic E-state index is 11.5. The Hall–Kier alpha value is -0.610. The van der Waals surface area contributed by atoms with E-state index in [1.165, 1.54) is 0 Å². The number of hydrogen-bond donors (Lipinski definition) is 2. The van der Waals surface area contributed by atoms with Gasteiger partial charge in [0.15, 0.2) is 0 Å². The molecule has 0 aliphatic rings. The van der Waals surface area contributed by atoms with Crippen molar-refractivity contribution in [1.29, 1.82) is 0 Å². The van der Waals surface area contributed by atoms with Crippen molar-refractivity contribution in [2.75, 3.05) is 26.4 Å². The summed E-state index contributed by atoms with van der Waals surface area (Å²) in [6.07, 6.45) is 3.11. The Kier molecular flexibility index (Phi) is 9.09. The highest BCUT2D eigenvalue weighted by molar-refractivity contribution is 5.75. The van der Waals surface area contributed by atoms with Crippen molar-refractivity contribution in [1.82, 2.24) is 5.32 Å². The minimum atomic E-state index is -0.167. The lowest BCUT2D eigenvalue weighted by atomic mass is 9.83. The van der Waals surface area contributed by atoms with E-state index >= 15 is 0 Å². The first-order valence-corrected chi connectivity index (χ1v) is 6.59. The van der Waals surface area contributed by atoms with Crippen molar-refractivity contribution >= 4 is 5.91 Å². The van der Waals surface area contributed by atoms with Gasteiger partial charge in [-0.15, -0.1) is 0 Å². The monoisotopic (exact) mass is 245 g/mol. The summed E-state index contributed by atoms with van der Waals surface area (Å²) in [5.41, 5.74) is -0.167. The van der Waals surface area contributed by atoms with Crippen LogP contribution in [0, 0.1) is 5.41 Å². The number of carbonyl (C=O) groups is 1. The summed E-state index contributed by atoms with van der Waals surface area (Å²) in [7, 11) is 0. The van der Waals surface area contributed by atoms with Gasteiger partial charge in [0.05, 0.1) is 13.2 Å². The van der Waals surface area contributed by atoms with Gasteiger partial charge in [0.1, 0.15) is 0 Å². The molecule has 0 saturated heterocycles. The lowest BCUT2D eigenvalue weighted by molar-refractivity contribution is -0.122. The lowest BCUT2D eigenvalue weighted by Crippen LogP contribution is -2.39. The minimum Gasteiger partial charge on any atom is -0.396 e. The van der Waals surface area contributed by atoms with Crippen LogP contribution in [-0.4, -0.2) is 37.4 Å². The van der Waals surface area contributed by atoms with Crippen molar-refractivity contribution < 1.29 is 14.6 Å². The lowest BCUT2D eigenvalue weighted by Gasteiger charge is -2.29. The standard InChI is InChI=1S/C13H27NO3/c1-4-8-17-9-7-12(16)14-10-13(5-2,6-3)11-15/h15H,4-11H2,1-3H3,(H,14,16). The topological polar surface area (TPSA) is 58.6 Å². The van der Waals surface area contributed by atoms with E-state index in [0.717, 1.165) is 19.3 Å². The summed E-state index contributed by atoms with van der Waals surface area (Å²) in [4.78, 5) is 11.5. The third kappa shape index (κ3) is 6.64.